The molecule has 102 heavy (non-hydrogen) atoms. The first-order valence-corrected chi connectivity index (χ1v) is 45.3. The lowest BCUT2D eigenvalue weighted by molar-refractivity contribution is -0.161. The number of carbonyl (C=O) groups is 4. The minimum absolute atomic E-state index is 0.0849. The van der Waals surface area contributed by atoms with E-state index in [0.29, 0.717) is 25.7 Å². The second-order valence-corrected chi connectivity index (χ2v) is 33.0. The number of rotatable bonds is 80. The minimum atomic E-state index is -4.97. The normalized spacial score (nSPS) is 14.0. The Morgan fingerprint density at radius 3 is 0.804 bits per heavy atom. The SMILES string of the molecule is CCCCCC/C=C\C=C/CCCCCCCC(=O)O[C@H](COC(=O)CCCCCCCCCCCC(C)C)COP(=O)(O)OC[C@H](O)COP(=O)(O)OC[C@@H](COC(=O)CCCCCCCCCCCCCCCCC(C)C)OC(=O)CCCCCCCCCCCCCCCCCCCC. The maximum atomic E-state index is 13.1. The van der Waals surface area contributed by atoms with Crippen LogP contribution in [0.4, 0.5) is 0 Å². The molecule has 0 aromatic heterocycles. The van der Waals surface area contributed by atoms with Gasteiger partial charge in [-0.25, -0.2) is 9.13 Å². The monoisotopic (exact) mass is 1490 g/mol. The van der Waals surface area contributed by atoms with Crippen LogP contribution in [0.2, 0.25) is 0 Å². The molecule has 602 valence electrons. The summed E-state index contributed by atoms with van der Waals surface area (Å²) in [5.74, 6) is -0.597. The van der Waals surface area contributed by atoms with Crippen LogP contribution < -0.4 is 0 Å². The van der Waals surface area contributed by atoms with Gasteiger partial charge in [-0.2, -0.15) is 0 Å². The van der Waals surface area contributed by atoms with Crippen molar-refractivity contribution in [2.24, 2.45) is 11.8 Å². The van der Waals surface area contributed by atoms with Gasteiger partial charge in [0.05, 0.1) is 26.4 Å². The van der Waals surface area contributed by atoms with Gasteiger partial charge in [0, 0.05) is 25.7 Å². The van der Waals surface area contributed by atoms with E-state index in [1.165, 1.54) is 218 Å². The maximum Gasteiger partial charge on any atom is 0.472 e. The molecule has 0 fully saturated rings. The molecule has 0 aliphatic rings. The van der Waals surface area contributed by atoms with Crippen molar-refractivity contribution in [3.8, 4) is 0 Å². The predicted octanol–water partition coefficient (Wildman–Crippen LogP) is 24.6. The number of unbranched alkanes of at least 4 members (excludes halogenated alkanes) is 47. The predicted molar refractivity (Wildman–Crippen MR) is 418 cm³/mol. The van der Waals surface area contributed by atoms with Crippen molar-refractivity contribution in [2.45, 2.75) is 432 Å². The average molecular weight is 1490 g/mol. The van der Waals surface area contributed by atoms with Crippen LogP contribution in [0.5, 0.6) is 0 Å². The van der Waals surface area contributed by atoms with E-state index in [2.05, 4.69) is 65.8 Å². The summed E-state index contributed by atoms with van der Waals surface area (Å²) in [5, 5.41) is 10.7. The molecule has 17 nitrogen and oxygen atoms in total. The number of hydrogen-bond donors (Lipinski definition) is 3. The fourth-order valence-corrected chi connectivity index (χ4v) is 13.9. The Kier molecular flexibility index (Phi) is 72.2. The van der Waals surface area contributed by atoms with Gasteiger partial charge in [-0.3, -0.25) is 37.3 Å². The van der Waals surface area contributed by atoms with Crippen LogP contribution in [0.25, 0.3) is 0 Å². The third-order valence-electron chi connectivity index (χ3n) is 18.8. The van der Waals surface area contributed by atoms with Crippen LogP contribution in [0.15, 0.2) is 24.3 Å². The van der Waals surface area contributed by atoms with E-state index in [1.807, 2.05) is 0 Å². The molecular formula is C83H158O17P2. The van der Waals surface area contributed by atoms with E-state index in [9.17, 15) is 43.2 Å². The zero-order valence-electron chi connectivity index (χ0n) is 66.4. The second kappa shape index (κ2) is 74.0. The Bertz CT molecular complexity index is 2050. The number of aliphatic hydroxyl groups excluding tert-OH is 1. The van der Waals surface area contributed by atoms with Crippen LogP contribution in [0, 0.1) is 11.8 Å². The van der Waals surface area contributed by atoms with Gasteiger partial charge in [0.15, 0.2) is 12.2 Å². The standard InChI is InChI=1S/C83H158O17P2/c1-7-9-11-13-15-17-19-21-23-24-25-27-33-37-43-50-56-62-68-83(88)99-78(71-93-80(85)65-59-53-47-41-35-31-29-28-30-34-39-45-51-57-63-75(3)4)73-97-101(89,90)95-69-77(84)70-96-102(91,92)98-74-79(72-94-81(86)66-60-54-48-44-38-40-46-52-58-64-76(5)6)100-82(87)67-61-55-49-42-36-32-26-22-20-18-16-14-12-10-8-2/h18,20,22,26,75-79,84H,7-17,19,21,23-25,27-74H2,1-6H3,(H,89,90)(H,91,92)/b20-18-,26-22-/t77-,78-,79-/m1/s1. The molecule has 3 N–H and O–H groups in total. The van der Waals surface area contributed by atoms with E-state index in [-0.39, 0.29) is 25.7 Å². The maximum absolute atomic E-state index is 13.1. The Labute approximate surface area is 624 Å². The zero-order valence-corrected chi connectivity index (χ0v) is 68.2. The topological polar surface area (TPSA) is 237 Å². The van der Waals surface area contributed by atoms with E-state index in [1.54, 1.807) is 0 Å². The Hall–Kier alpha value is -2.46. The van der Waals surface area contributed by atoms with Crippen molar-refractivity contribution in [1.29, 1.82) is 0 Å². The lowest BCUT2D eigenvalue weighted by Crippen LogP contribution is -2.30. The number of allylic oxidation sites excluding steroid dienone is 4. The number of phosphoric acid groups is 2. The molecule has 2 unspecified atom stereocenters. The molecule has 0 aliphatic carbocycles. The number of aliphatic hydroxyl groups is 1. The second-order valence-electron chi connectivity index (χ2n) is 30.1. The van der Waals surface area contributed by atoms with Crippen molar-refractivity contribution in [1.82, 2.24) is 0 Å². The molecular weight excluding hydrogens is 1330 g/mol. The van der Waals surface area contributed by atoms with Gasteiger partial charge in [0.2, 0.25) is 0 Å². The number of esters is 4. The average Bonchev–Trinajstić information content (AvgIpc) is 1.09. The number of ether oxygens (including phenoxy) is 4. The van der Waals surface area contributed by atoms with Gasteiger partial charge < -0.3 is 33.8 Å². The first-order valence-electron chi connectivity index (χ1n) is 42.3. The van der Waals surface area contributed by atoms with Crippen LogP contribution in [0.1, 0.15) is 414 Å². The third-order valence-corrected chi connectivity index (χ3v) is 20.7. The Morgan fingerprint density at radius 2 is 0.529 bits per heavy atom. The molecule has 0 bridgehead atoms. The Morgan fingerprint density at radius 1 is 0.304 bits per heavy atom. The molecule has 0 aromatic carbocycles. The molecule has 0 spiro atoms. The first kappa shape index (κ1) is 99.5. The molecule has 5 atom stereocenters. The van der Waals surface area contributed by atoms with Crippen molar-refractivity contribution in [3.05, 3.63) is 24.3 Å². The lowest BCUT2D eigenvalue weighted by atomic mass is 10.0. The van der Waals surface area contributed by atoms with Gasteiger partial charge in [0.1, 0.15) is 19.3 Å². The van der Waals surface area contributed by atoms with Crippen LogP contribution >= 0.6 is 15.6 Å². The summed E-state index contributed by atoms with van der Waals surface area (Å²) in [6.45, 7) is 9.59. The summed E-state index contributed by atoms with van der Waals surface area (Å²) in [4.78, 5) is 73.1. The van der Waals surface area contributed by atoms with Crippen LogP contribution in [0.3, 0.4) is 0 Å². The van der Waals surface area contributed by atoms with Crippen LogP contribution in [-0.4, -0.2) is 96.7 Å². The van der Waals surface area contributed by atoms with Crippen molar-refractivity contribution < 1.29 is 80.2 Å². The highest BCUT2D eigenvalue weighted by Crippen LogP contribution is 2.45. The summed E-state index contributed by atoms with van der Waals surface area (Å²) in [5.41, 5.74) is 0. The zero-order chi connectivity index (χ0) is 74.9. The van der Waals surface area contributed by atoms with Gasteiger partial charge in [-0.15, -0.1) is 0 Å². The molecule has 19 heteroatoms. The summed E-state index contributed by atoms with van der Waals surface area (Å²) in [6.07, 6.45) is 67.4. The molecule has 0 aromatic rings. The van der Waals surface area contributed by atoms with Crippen LogP contribution in [-0.2, 0) is 65.4 Å². The summed E-state index contributed by atoms with van der Waals surface area (Å²) < 4.78 is 68.8. The quantitative estimate of drug-likeness (QED) is 0.0169. The number of carbonyl (C=O) groups excluding carboxylic acids is 4. The van der Waals surface area contributed by atoms with Gasteiger partial charge in [0.25, 0.3) is 0 Å². The first-order chi connectivity index (χ1) is 49.4. The van der Waals surface area contributed by atoms with Crippen molar-refractivity contribution in [3.63, 3.8) is 0 Å². The summed E-state index contributed by atoms with van der Waals surface area (Å²) >= 11 is 0. The fourth-order valence-electron chi connectivity index (χ4n) is 12.3. The van der Waals surface area contributed by atoms with E-state index >= 15 is 0 Å². The molecule has 0 radical (unpaired) electrons. The van der Waals surface area contributed by atoms with Gasteiger partial charge in [-0.05, 0) is 63.2 Å². The summed E-state index contributed by atoms with van der Waals surface area (Å²) in [7, 11) is -9.94. The highest BCUT2D eigenvalue weighted by atomic mass is 31.2. The number of phosphoric ester groups is 2. The largest absolute Gasteiger partial charge is 0.472 e. The van der Waals surface area contributed by atoms with Crippen molar-refractivity contribution in [2.75, 3.05) is 39.6 Å². The van der Waals surface area contributed by atoms with E-state index in [4.69, 9.17) is 37.0 Å². The molecule has 0 heterocycles. The fraction of sp³-hybridized carbons (Fsp3) is 0.904. The molecule has 0 saturated heterocycles. The molecule has 0 aliphatic heterocycles. The van der Waals surface area contributed by atoms with Gasteiger partial charge >= 0.3 is 39.5 Å². The number of hydrogen-bond acceptors (Lipinski definition) is 15. The lowest BCUT2D eigenvalue weighted by Gasteiger charge is -2.21. The minimum Gasteiger partial charge on any atom is -0.462 e. The Balaban J connectivity index is 5.29. The molecule has 0 rings (SSSR count). The molecule has 0 saturated carbocycles. The highest BCUT2D eigenvalue weighted by Gasteiger charge is 2.30. The summed E-state index contributed by atoms with van der Waals surface area (Å²) in [6, 6.07) is 0. The molecule has 0 amide bonds. The third kappa shape index (κ3) is 75.8. The highest BCUT2D eigenvalue weighted by molar-refractivity contribution is 7.47. The van der Waals surface area contributed by atoms with Gasteiger partial charge in [-0.1, -0.05) is 361 Å². The van der Waals surface area contributed by atoms with Crippen molar-refractivity contribution >= 4 is 39.5 Å². The van der Waals surface area contributed by atoms with E-state index in [0.717, 1.165) is 115 Å². The van der Waals surface area contributed by atoms with E-state index < -0.39 is 97.5 Å². The smallest absolute Gasteiger partial charge is 0.462 e.